The molecule has 3 rings (SSSR count). The molecule has 0 amide bonds. The average Bonchev–Trinajstić information content (AvgIpc) is 3.34. The zero-order chi connectivity index (χ0) is 24.3. The third-order valence-corrected chi connectivity index (χ3v) is 7.76. The van der Waals surface area contributed by atoms with Crippen LogP contribution in [-0.4, -0.2) is 30.7 Å². The predicted molar refractivity (Wildman–Crippen MR) is 139 cm³/mol. The number of phenols is 1. The van der Waals surface area contributed by atoms with E-state index >= 15 is 0 Å². The summed E-state index contributed by atoms with van der Waals surface area (Å²) in [5, 5.41) is 11.4. The molecule has 0 heterocycles. The summed E-state index contributed by atoms with van der Waals surface area (Å²) < 4.78 is 11.8. The maximum atomic E-state index is 12.4. The fourth-order valence-corrected chi connectivity index (χ4v) is 5.86. The fourth-order valence-electron chi connectivity index (χ4n) is 5.86. The SMILES string of the molecule is CCCC=CC(=O)CCc1cc(OC2CCCC2)c(O)c([C@H](CCOC)[C@@H]2CCC[C@H](C)C2)c1. The van der Waals surface area contributed by atoms with Crippen molar-refractivity contribution in [3.63, 3.8) is 0 Å². The molecule has 0 aromatic heterocycles. The van der Waals surface area contributed by atoms with Gasteiger partial charge in [-0.05, 0) is 93.2 Å². The highest BCUT2D eigenvalue weighted by Crippen LogP contribution is 2.46. The summed E-state index contributed by atoms with van der Waals surface area (Å²) in [5.74, 6) is 2.59. The van der Waals surface area contributed by atoms with Crippen LogP contribution in [0.5, 0.6) is 11.5 Å². The first-order valence-corrected chi connectivity index (χ1v) is 13.7. The number of benzene rings is 1. The van der Waals surface area contributed by atoms with Crippen LogP contribution in [-0.2, 0) is 16.0 Å². The second-order valence-corrected chi connectivity index (χ2v) is 10.6. The highest BCUT2D eigenvalue weighted by molar-refractivity contribution is 5.89. The number of carbonyl (C=O) groups is 1. The van der Waals surface area contributed by atoms with Crippen LogP contribution in [0, 0.1) is 11.8 Å². The van der Waals surface area contributed by atoms with E-state index in [2.05, 4.69) is 19.9 Å². The summed E-state index contributed by atoms with van der Waals surface area (Å²) in [6.07, 6.45) is 17.3. The highest BCUT2D eigenvalue weighted by atomic mass is 16.5. The Morgan fingerprint density at radius 3 is 2.68 bits per heavy atom. The van der Waals surface area contributed by atoms with Crippen molar-refractivity contribution in [2.45, 2.75) is 109 Å². The largest absolute Gasteiger partial charge is 0.504 e. The van der Waals surface area contributed by atoms with Crippen LogP contribution < -0.4 is 4.74 Å². The minimum atomic E-state index is 0.165. The molecule has 34 heavy (non-hydrogen) atoms. The maximum absolute atomic E-state index is 12.4. The van der Waals surface area contributed by atoms with Gasteiger partial charge in [0.15, 0.2) is 17.3 Å². The van der Waals surface area contributed by atoms with E-state index in [0.29, 0.717) is 36.9 Å². The van der Waals surface area contributed by atoms with Gasteiger partial charge in [0.25, 0.3) is 0 Å². The smallest absolute Gasteiger partial charge is 0.161 e. The molecule has 1 N–H and O–H groups in total. The second kappa shape index (κ2) is 13.9. The third kappa shape index (κ3) is 7.86. The molecule has 0 saturated heterocycles. The highest BCUT2D eigenvalue weighted by Gasteiger charge is 2.31. The van der Waals surface area contributed by atoms with Crippen molar-refractivity contribution in [3.8, 4) is 11.5 Å². The van der Waals surface area contributed by atoms with Gasteiger partial charge in [0, 0.05) is 25.7 Å². The summed E-state index contributed by atoms with van der Waals surface area (Å²) in [6, 6.07) is 4.14. The molecule has 2 fully saturated rings. The lowest BCUT2D eigenvalue weighted by Crippen LogP contribution is -2.22. The Kier molecular flexibility index (Phi) is 11.0. The van der Waals surface area contributed by atoms with Gasteiger partial charge >= 0.3 is 0 Å². The predicted octanol–water partition coefficient (Wildman–Crippen LogP) is 7.52. The Hall–Kier alpha value is -1.81. The van der Waals surface area contributed by atoms with Crippen molar-refractivity contribution >= 4 is 5.78 Å². The van der Waals surface area contributed by atoms with Crippen molar-refractivity contribution in [1.82, 2.24) is 0 Å². The van der Waals surface area contributed by atoms with Crippen LogP contribution in [0.1, 0.15) is 108 Å². The van der Waals surface area contributed by atoms with Crippen LogP contribution >= 0.6 is 0 Å². The Morgan fingerprint density at radius 2 is 1.97 bits per heavy atom. The van der Waals surface area contributed by atoms with Gasteiger partial charge < -0.3 is 14.6 Å². The van der Waals surface area contributed by atoms with Crippen molar-refractivity contribution in [2.75, 3.05) is 13.7 Å². The molecule has 2 aliphatic rings. The number of ketones is 1. The first-order valence-electron chi connectivity index (χ1n) is 13.7. The van der Waals surface area contributed by atoms with E-state index in [4.69, 9.17) is 9.47 Å². The Balaban J connectivity index is 1.88. The Labute approximate surface area is 207 Å². The van der Waals surface area contributed by atoms with Crippen molar-refractivity contribution in [3.05, 3.63) is 35.4 Å². The van der Waals surface area contributed by atoms with E-state index in [-0.39, 0.29) is 17.8 Å². The molecule has 190 valence electrons. The molecule has 2 saturated carbocycles. The summed E-state index contributed by atoms with van der Waals surface area (Å²) in [6.45, 7) is 5.15. The monoisotopic (exact) mass is 470 g/mol. The summed E-state index contributed by atoms with van der Waals surface area (Å²) in [7, 11) is 1.75. The van der Waals surface area contributed by atoms with Gasteiger partial charge in [-0.25, -0.2) is 0 Å². The molecular formula is C30H46O4. The van der Waals surface area contributed by atoms with Crippen LogP contribution in [0.15, 0.2) is 24.3 Å². The van der Waals surface area contributed by atoms with Gasteiger partial charge in [0.1, 0.15) is 0 Å². The average molecular weight is 471 g/mol. The van der Waals surface area contributed by atoms with Gasteiger partial charge in [-0.15, -0.1) is 0 Å². The van der Waals surface area contributed by atoms with Gasteiger partial charge in [-0.1, -0.05) is 45.3 Å². The van der Waals surface area contributed by atoms with E-state index in [1.807, 2.05) is 12.1 Å². The van der Waals surface area contributed by atoms with Crippen molar-refractivity contribution in [1.29, 1.82) is 0 Å². The third-order valence-electron chi connectivity index (χ3n) is 7.76. The number of ether oxygens (including phenoxy) is 2. The molecule has 1 aromatic carbocycles. The molecule has 3 atom stereocenters. The molecule has 0 aliphatic heterocycles. The van der Waals surface area contributed by atoms with Gasteiger partial charge in [-0.2, -0.15) is 0 Å². The van der Waals surface area contributed by atoms with E-state index < -0.39 is 0 Å². The second-order valence-electron chi connectivity index (χ2n) is 10.6. The van der Waals surface area contributed by atoms with E-state index in [9.17, 15) is 9.90 Å². The summed E-state index contributed by atoms with van der Waals surface area (Å²) >= 11 is 0. The lowest BCUT2D eigenvalue weighted by atomic mass is 9.72. The van der Waals surface area contributed by atoms with Crippen LogP contribution in [0.3, 0.4) is 0 Å². The minimum Gasteiger partial charge on any atom is -0.504 e. The molecule has 0 spiro atoms. The first-order chi connectivity index (χ1) is 16.5. The minimum absolute atomic E-state index is 0.165. The van der Waals surface area contributed by atoms with Gasteiger partial charge in [0.05, 0.1) is 6.10 Å². The number of carbonyl (C=O) groups excluding carboxylic acids is 1. The number of phenolic OH excluding ortho intramolecular Hbond substituents is 1. The normalized spacial score (nSPS) is 22.3. The van der Waals surface area contributed by atoms with Crippen molar-refractivity contribution in [2.24, 2.45) is 11.8 Å². The molecule has 4 heteroatoms. The molecule has 0 unspecified atom stereocenters. The zero-order valence-electron chi connectivity index (χ0n) is 21.7. The number of rotatable bonds is 13. The van der Waals surface area contributed by atoms with Gasteiger partial charge in [-0.3, -0.25) is 4.79 Å². The Bertz CT molecular complexity index is 793. The van der Waals surface area contributed by atoms with Crippen LogP contribution in [0.2, 0.25) is 0 Å². The van der Waals surface area contributed by atoms with Gasteiger partial charge in [0.2, 0.25) is 0 Å². The molecule has 2 aliphatic carbocycles. The lowest BCUT2D eigenvalue weighted by Gasteiger charge is -2.34. The molecule has 1 aromatic rings. The van der Waals surface area contributed by atoms with E-state index in [1.54, 1.807) is 13.2 Å². The molecule has 0 bridgehead atoms. The van der Waals surface area contributed by atoms with Crippen LogP contribution in [0.25, 0.3) is 0 Å². The number of hydrogen-bond acceptors (Lipinski definition) is 4. The topological polar surface area (TPSA) is 55.8 Å². The quantitative estimate of drug-likeness (QED) is 0.303. The van der Waals surface area contributed by atoms with Crippen molar-refractivity contribution < 1.29 is 19.4 Å². The number of aryl methyl sites for hydroxylation is 1. The standard InChI is InChI=1S/C30H46O4/c1-4-5-6-12-25(31)16-15-23-20-28(30(32)29(21-23)34-26-13-7-8-14-26)27(17-18-33-3)24-11-9-10-22(2)19-24/h6,12,20-22,24,26-27,32H,4-5,7-11,13-19H2,1-3H3/t22-,24+,27+/m0/s1. The Morgan fingerprint density at radius 1 is 1.18 bits per heavy atom. The number of aromatic hydroxyl groups is 1. The fraction of sp³-hybridized carbons (Fsp3) is 0.700. The molecule has 0 radical (unpaired) electrons. The first kappa shape index (κ1) is 26.8. The number of unbranched alkanes of at least 4 members (excludes halogenated alkanes) is 1. The van der Waals surface area contributed by atoms with Crippen LogP contribution in [0.4, 0.5) is 0 Å². The number of allylic oxidation sites excluding steroid dienone is 2. The molecular weight excluding hydrogens is 424 g/mol. The summed E-state index contributed by atoms with van der Waals surface area (Å²) in [4.78, 5) is 12.4. The lowest BCUT2D eigenvalue weighted by molar-refractivity contribution is -0.114. The number of methoxy groups -OCH3 is 1. The summed E-state index contributed by atoms with van der Waals surface area (Å²) in [5.41, 5.74) is 2.08. The van der Waals surface area contributed by atoms with E-state index in [0.717, 1.165) is 49.1 Å². The molecule has 4 nitrogen and oxygen atoms in total. The maximum Gasteiger partial charge on any atom is 0.161 e. The number of hydrogen-bond donors (Lipinski definition) is 1. The zero-order valence-corrected chi connectivity index (χ0v) is 21.7. The van der Waals surface area contributed by atoms with E-state index in [1.165, 1.54) is 38.5 Å².